The van der Waals surface area contributed by atoms with E-state index < -0.39 is 0 Å². The van der Waals surface area contributed by atoms with E-state index in [1.807, 2.05) is 6.20 Å². The van der Waals surface area contributed by atoms with Crippen LogP contribution in [0.1, 0.15) is 12.5 Å². The zero-order chi connectivity index (χ0) is 11.7. The molecule has 1 fully saturated rings. The first-order chi connectivity index (χ1) is 8.33. The Morgan fingerprint density at radius 2 is 2.41 bits per heavy atom. The second-order valence-electron chi connectivity index (χ2n) is 4.84. The van der Waals surface area contributed by atoms with Gasteiger partial charge in [0, 0.05) is 37.6 Å². The Balaban J connectivity index is 1.82. The normalized spacial score (nSPS) is 22.1. The number of nitrogens with zero attached hydrogens (tertiary/aromatic N) is 2. The maximum Gasteiger partial charge on any atom is 0.0695 e. The van der Waals surface area contributed by atoms with Gasteiger partial charge in [-0.1, -0.05) is 18.2 Å². The van der Waals surface area contributed by atoms with Crippen LogP contribution in [0.5, 0.6) is 0 Å². The van der Waals surface area contributed by atoms with E-state index in [4.69, 9.17) is 0 Å². The third kappa shape index (κ3) is 2.18. The number of fused-ring (bicyclic) bond motifs is 1. The SMILES string of the molecule is CC1CN(Cc2cccc3cn[nH]c23)CCN1. The Hall–Kier alpha value is -1.39. The van der Waals surface area contributed by atoms with Crippen molar-refractivity contribution in [3.63, 3.8) is 0 Å². The second-order valence-corrected chi connectivity index (χ2v) is 4.84. The molecule has 0 radical (unpaired) electrons. The van der Waals surface area contributed by atoms with Gasteiger partial charge in [0.05, 0.1) is 11.7 Å². The van der Waals surface area contributed by atoms with E-state index in [0.717, 1.165) is 26.2 Å². The number of rotatable bonds is 2. The molecule has 0 aliphatic carbocycles. The molecule has 0 spiro atoms. The third-order valence-corrected chi connectivity index (χ3v) is 3.41. The molecule has 2 heterocycles. The molecule has 1 saturated heterocycles. The number of aromatic amines is 1. The van der Waals surface area contributed by atoms with Gasteiger partial charge in [-0.2, -0.15) is 5.10 Å². The second kappa shape index (κ2) is 4.47. The lowest BCUT2D eigenvalue weighted by Crippen LogP contribution is -2.48. The number of piperazine rings is 1. The van der Waals surface area contributed by atoms with Gasteiger partial charge < -0.3 is 5.32 Å². The maximum absolute atomic E-state index is 4.11. The van der Waals surface area contributed by atoms with E-state index in [9.17, 15) is 0 Å². The molecule has 2 N–H and O–H groups in total. The lowest BCUT2D eigenvalue weighted by atomic mass is 10.1. The van der Waals surface area contributed by atoms with Gasteiger partial charge in [0.1, 0.15) is 0 Å². The molecule has 0 bridgehead atoms. The zero-order valence-corrected chi connectivity index (χ0v) is 10.1. The van der Waals surface area contributed by atoms with Crippen molar-refractivity contribution in [3.8, 4) is 0 Å². The zero-order valence-electron chi connectivity index (χ0n) is 10.1. The van der Waals surface area contributed by atoms with Crippen molar-refractivity contribution < 1.29 is 0 Å². The average molecular weight is 230 g/mol. The predicted octanol–water partition coefficient (Wildman–Crippen LogP) is 1.36. The minimum absolute atomic E-state index is 0.588. The first-order valence-electron chi connectivity index (χ1n) is 6.19. The van der Waals surface area contributed by atoms with Crippen molar-refractivity contribution in [1.29, 1.82) is 0 Å². The van der Waals surface area contributed by atoms with Crippen LogP contribution in [0.3, 0.4) is 0 Å². The van der Waals surface area contributed by atoms with Crippen molar-refractivity contribution in [1.82, 2.24) is 20.4 Å². The molecular weight excluding hydrogens is 212 g/mol. The fourth-order valence-corrected chi connectivity index (χ4v) is 2.56. The molecule has 1 aliphatic rings. The Morgan fingerprint density at radius 3 is 3.29 bits per heavy atom. The minimum Gasteiger partial charge on any atom is -0.312 e. The van der Waals surface area contributed by atoms with Crippen LogP contribution in [0, 0.1) is 0 Å². The average Bonchev–Trinajstić information content (AvgIpc) is 2.78. The molecule has 3 rings (SSSR count). The van der Waals surface area contributed by atoms with E-state index in [1.165, 1.54) is 16.5 Å². The monoisotopic (exact) mass is 230 g/mol. The van der Waals surface area contributed by atoms with E-state index in [2.05, 4.69) is 45.5 Å². The van der Waals surface area contributed by atoms with E-state index >= 15 is 0 Å². The summed E-state index contributed by atoms with van der Waals surface area (Å²) in [5, 5.41) is 11.9. The van der Waals surface area contributed by atoms with Gasteiger partial charge in [-0.05, 0) is 12.5 Å². The van der Waals surface area contributed by atoms with Gasteiger partial charge in [0.15, 0.2) is 0 Å². The molecule has 1 atom stereocenters. The van der Waals surface area contributed by atoms with Crippen molar-refractivity contribution in [3.05, 3.63) is 30.0 Å². The number of benzene rings is 1. The number of para-hydroxylation sites is 1. The summed E-state index contributed by atoms with van der Waals surface area (Å²) < 4.78 is 0. The quantitative estimate of drug-likeness (QED) is 0.818. The van der Waals surface area contributed by atoms with Crippen LogP contribution in [0.4, 0.5) is 0 Å². The topological polar surface area (TPSA) is 44.0 Å². The molecule has 4 heteroatoms. The predicted molar refractivity (Wildman–Crippen MR) is 68.8 cm³/mol. The van der Waals surface area contributed by atoms with Crippen molar-refractivity contribution in [2.75, 3.05) is 19.6 Å². The Labute approximate surface area is 101 Å². The molecule has 0 amide bonds. The summed E-state index contributed by atoms with van der Waals surface area (Å²) >= 11 is 0. The molecule has 1 unspecified atom stereocenters. The Morgan fingerprint density at radius 1 is 1.47 bits per heavy atom. The van der Waals surface area contributed by atoms with Crippen LogP contribution < -0.4 is 5.32 Å². The van der Waals surface area contributed by atoms with Crippen molar-refractivity contribution >= 4 is 10.9 Å². The smallest absolute Gasteiger partial charge is 0.0695 e. The summed E-state index contributed by atoms with van der Waals surface area (Å²) in [5.74, 6) is 0. The van der Waals surface area contributed by atoms with Crippen molar-refractivity contribution in [2.24, 2.45) is 0 Å². The van der Waals surface area contributed by atoms with Gasteiger partial charge in [-0.3, -0.25) is 10.00 Å². The molecule has 90 valence electrons. The fourth-order valence-electron chi connectivity index (χ4n) is 2.56. The lowest BCUT2D eigenvalue weighted by Gasteiger charge is -2.31. The highest BCUT2D eigenvalue weighted by atomic mass is 15.2. The number of hydrogen-bond donors (Lipinski definition) is 2. The highest BCUT2D eigenvalue weighted by Gasteiger charge is 2.16. The molecule has 1 aromatic heterocycles. The molecule has 1 aliphatic heterocycles. The minimum atomic E-state index is 0.588. The standard InChI is InChI=1S/C13H18N4/c1-10-8-17(6-5-14-10)9-12-4-2-3-11-7-15-16-13(11)12/h2-4,7,10,14H,5-6,8-9H2,1H3,(H,15,16). The molecule has 17 heavy (non-hydrogen) atoms. The highest BCUT2D eigenvalue weighted by Crippen LogP contribution is 2.17. The molecule has 1 aromatic carbocycles. The molecule has 2 aromatic rings. The lowest BCUT2D eigenvalue weighted by molar-refractivity contribution is 0.200. The van der Waals surface area contributed by atoms with E-state index in [0.29, 0.717) is 6.04 Å². The number of hydrogen-bond acceptors (Lipinski definition) is 3. The van der Waals surface area contributed by atoms with Crippen LogP contribution in [0.2, 0.25) is 0 Å². The molecular formula is C13H18N4. The number of H-pyrrole nitrogens is 1. The summed E-state index contributed by atoms with van der Waals surface area (Å²) in [6.45, 7) is 6.56. The summed E-state index contributed by atoms with van der Waals surface area (Å²) in [6, 6.07) is 6.99. The molecule has 4 nitrogen and oxygen atoms in total. The van der Waals surface area contributed by atoms with Gasteiger partial charge in [0.2, 0.25) is 0 Å². The molecule has 0 saturated carbocycles. The fraction of sp³-hybridized carbons (Fsp3) is 0.462. The van der Waals surface area contributed by atoms with Crippen LogP contribution in [0.25, 0.3) is 10.9 Å². The first-order valence-corrected chi connectivity index (χ1v) is 6.19. The Kier molecular flexibility index (Phi) is 2.82. The van der Waals surface area contributed by atoms with Crippen LogP contribution in [0.15, 0.2) is 24.4 Å². The van der Waals surface area contributed by atoms with Crippen LogP contribution in [-0.2, 0) is 6.54 Å². The van der Waals surface area contributed by atoms with Gasteiger partial charge in [0.25, 0.3) is 0 Å². The van der Waals surface area contributed by atoms with Gasteiger partial charge >= 0.3 is 0 Å². The van der Waals surface area contributed by atoms with E-state index in [-0.39, 0.29) is 0 Å². The van der Waals surface area contributed by atoms with Crippen LogP contribution in [-0.4, -0.2) is 40.8 Å². The third-order valence-electron chi connectivity index (χ3n) is 3.41. The van der Waals surface area contributed by atoms with Crippen molar-refractivity contribution in [2.45, 2.75) is 19.5 Å². The summed E-state index contributed by atoms with van der Waals surface area (Å²) in [7, 11) is 0. The summed E-state index contributed by atoms with van der Waals surface area (Å²) in [6.07, 6.45) is 1.89. The largest absolute Gasteiger partial charge is 0.312 e. The van der Waals surface area contributed by atoms with E-state index in [1.54, 1.807) is 0 Å². The highest BCUT2D eigenvalue weighted by molar-refractivity contribution is 5.81. The maximum atomic E-state index is 4.11. The summed E-state index contributed by atoms with van der Waals surface area (Å²) in [4.78, 5) is 2.50. The number of aromatic nitrogens is 2. The first kappa shape index (κ1) is 10.7. The van der Waals surface area contributed by atoms with Crippen LogP contribution >= 0.6 is 0 Å². The number of nitrogens with one attached hydrogen (secondary N) is 2. The van der Waals surface area contributed by atoms with Gasteiger partial charge in [-0.15, -0.1) is 0 Å². The summed E-state index contributed by atoms with van der Waals surface area (Å²) in [5.41, 5.74) is 2.52. The van der Waals surface area contributed by atoms with Gasteiger partial charge in [-0.25, -0.2) is 0 Å². The Bertz CT molecular complexity index is 505.